The van der Waals surface area contributed by atoms with Gasteiger partial charge in [-0.3, -0.25) is 4.79 Å². The Labute approximate surface area is 83.5 Å². The van der Waals surface area contributed by atoms with Crippen molar-refractivity contribution >= 4 is 11.8 Å². The Bertz CT molecular complexity index is 324. The van der Waals surface area contributed by atoms with Crippen LogP contribution in [0.4, 0.5) is 0 Å². The highest BCUT2D eigenvalue weighted by Gasteiger charge is 2.16. The van der Waals surface area contributed by atoms with E-state index in [0.29, 0.717) is 5.90 Å². The number of carbonyl (C=O) groups excluding carboxylic acids is 1. The number of ether oxygens (including phenoxy) is 1. The van der Waals surface area contributed by atoms with Crippen LogP contribution in [0.2, 0.25) is 0 Å². The first-order valence-corrected chi connectivity index (χ1v) is 4.52. The van der Waals surface area contributed by atoms with Crippen molar-refractivity contribution in [3.8, 4) is 0 Å². The summed E-state index contributed by atoms with van der Waals surface area (Å²) < 4.78 is 5.08. The molecule has 0 fully saturated rings. The van der Waals surface area contributed by atoms with Crippen LogP contribution in [0.25, 0.3) is 0 Å². The molecular formula is C11H13NO2. The van der Waals surface area contributed by atoms with Crippen LogP contribution in [0.3, 0.4) is 0 Å². The predicted octanol–water partition coefficient (Wildman–Crippen LogP) is 2.02. The first-order valence-electron chi connectivity index (χ1n) is 4.52. The summed E-state index contributed by atoms with van der Waals surface area (Å²) in [6, 6.07) is 0. The topological polar surface area (TPSA) is 38.7 Å². The summed E-state index contributed by atoms with van der Waals surface area (Å²) in [5, 5.41) is 0. The number of nitrogens with zero attached hydrogens (tertiary/aromatic N) is 1. The van der Waals surface area contributed by atoms with Gasteiger partial charge in [0.15, 0.2) is 6.61 Å². The number of rotatable bonds is 4. The lowest BCUT2D eigenvalue weighted by molar-refractivity contribution is -0.118. The second-order valence-electron chi connectivity index (χ2n) is 2.76. The molecule has 0 bridgehead atoms. The predicted molar refractivity (Wildman–Crippen MR) is 56.1 cm³/mol. The van der Waals surface area contributed by atoms with Crippen molar-refractivity contribution in [2.75, 3.05) is 6.61 Å². The van der Waals surface area contributed by atoms with Gasteiger partial charge in [0, 0.05) is 5.57 Å². The van der Waals surface area contributed by atoms with Crippen LogP contribution >= 0.6 is 0 Å². The van der Waals surface area contributed by atoms with Gasteiger partial charge in [0.25, 0.3) is 5.91 Å². The second kappa shape index (κ2) is 5.17. The van der Waals surface area contributed by atoms with Gasteiger partial charge in [-0.1, -0.05) is 31.7 Å². The number of carbonyl (C=O) groups is 1. The van der Waals surface area contributed by atoms with Crippen molar-refractivity contribution < 1.29 is 9.53 Å². The van der Waals surface area contributed by atoms with Crippen molar-refractivity contribution in [1.82, 2.24) is 0 Å². The molecule has 0 atom stereocenters. The van der Waals surface area contributed by atoms with E-state index in [1.165, 1.54) is 0 Å². The largest absolute Gasteiger partial charge is 0.467 e. The van der Waals surface area contributed by atoms with E-state index in [1.807, 2.05) is 25.2 Å². The average Bonchev–Trinajstić information content (AvgIpc) is 2.60. The van der Waals surface area contributed by atoms with Crippen molar-refractivity contribution in [2.24, 2.45) is 4.99 Å². The number of hydrogen-bond acceptors (Lipinski definition) is 2. The summed E-state index contributed by atoms with van der Waals surface area (Å²) in [6.07, 6.45) is 8.31. The van der Waals surface area contributed by atoms with Crippen LogP contribution in [0.15, 0.2) is 41.4 Å². The number of amides is 1. The van der Waals surface area contributed by atoms with E-state index in [9.17, 15) is 4.79 Å². The fourth-order valence-corrected chi connectivity index (χ4v) is 0.990. The molecule has 1 aliphatic heterocycles. The third kappa shape index (κ3) is 2.69. The standard InChI is InChI=1S/C11H13NO2/c1-3-5-6-7-9(4-2)11-12-10(13)8-14-11/h4-7H,2-3,8H2,1H3/b6-5-,9-7+. The Balaban J connectivity index is 2.76. The van der Waals surface area contributed by atoms with Crippen LogP contribution in [0.5, 0.6) is 0 Å². The minimum atomic E-state index is -0.243. The summed E-state index contributed by atoms with van der Waals surface area (Å²) in [6.45, 7) is 5.72. The molecule has 1 heterocycles. The molecule has 0 saturated heterocycles. The van der Waals surface area contributed by atoms with Crippen molar-refractivity contribution in [2.45, 2.75) is 13.3 Å². The van der Waals surface area contributed by atoms with E-state index >= 15 is 0 Å². The highest BCUT2D eigenvalue weighted by molar-refractivity contribution is 6.07. The van der Waals surface area contributed by atoms with E-state index in [1.54, 1.807) is 6.08 Å². The van der Waals surface area contributed by atoms with Gasteiger partial charge in [-0.05, 0) is 12.5 Å². The van der Waals surface area contributed by atoms with Gasteiger partial charge < -0.3 is 4.74 Å². The first kappa shape index (κ1) is 10.4. The molecule has 0 aromatic heterocycles. The first-order chi connectivity index (χ1) is 6.77. The van der Waals surface area contributed by atoms with Crippen LogP contribution < -0.4 is 0 Å². The maximum absolute atomic E-state index is 10.8. The van der Waals surface area contributed by atoms with E-state index in [-0.39, 0.29) is 12.5 Å². The SMILES string of the molecule is C=C/C(=C\C=C/CC)C1=NC(=O)CO1. The molecule has 74 valence electrons. The summed E-state index contributed by atoms with van der Waals surface area (Å²) in [5.74, 6) is 0.123. The summed E-state index contributed by atoms with van der Waals surface area (Å²) in [5.41, 5.74) is 0.737. The van der Waals surface area contributed by atoms with Gasteiger partial charge in [-0.15, -0.1) is 0 Å². The highest BCUT2D eigenvalue weighted by atomic mass is 16.5. The molecule has 3 nitrogen and oxygen atoms in total. The Morgan fingerprint density at radius 1 is 1.71 bits per heavy atom. The maximum Gasteiger partial charge on any atom is 0.286 e. The summed E-state index contributed by atoms with van der Waals surface area (Å²) >= 11 is 0. The molecule has 1 rings (SSSR count). The molecule has 3 heteroatoms. The molecule has 0 unspecified atom stereocenters. The zero-order chi connectivity index (χ0) is 10.4. The molecule has 1 aliphatic rings. The molecule has 1 amide bonds. The van der Waals surface area contributed by atoms with Gasteiger partial charge in [0.05, 0.1) is 0 Å². The summed E-state index contributed by atoms with van der Waals surface area (Å²) in [7, 11) is 0. The molecule has 0 radical (unpaired) electrons. The van der Waals surface area contributed by atoms with E-state index in [2.05, 4.69) is 11.6 Å². The van der Waals surface area contributed by atoms with E-state index < -0.39 is 0 Å². The quantitative estimate of drug-likeness (QED) is 0.637. The van der Waals surface area contributed by atoms with Crippen molar-refractivity contribution in [3.63, 3.8) is 0 Å². The van der Waals surface area contributed by atoms with Gasteiger partial charge >= 0.3 is 0 Å². The number of allylic oxidation sites excluding steroid dienone is 3. The molecular weight excluding hydrogens is 178 g/mol. The normalized spacial score (nSPS) is 17.1. The average molecular weight is 191 g/mol. The summed E-state index contributed by atoms with van der Waals surface area (Å²) in [4.78, 5) is 14.5. The molecule has 0 saturated carbocycles. The van der Waals surface area contributed by atoms with Gasteiger partial charge in [0.2, 0.25) is 5.90 Å². The smallest absolute Gasteiger partial charge is 0.286 e. The Morgan fingerprint density at radius 3 is 3.00 bits per heavy atom. The van der Waals surface area contributed by atoms with Crippen LogP contribution in [0, 0.1) is 0 Å². The van der Waals surface area contributed by atoms with E-state index in [0.717, 1.165) is 12.0 Å². The van der Waals surface area contributed by atoms with E-state index in [4.69, 9.17) is 4.74 Å². The molecule has 14 heavy (non-hydrogen) atoms. The number of hydrogen-bond donors (Lipinski definition) is 0. The van der Waals surface area contributed by atoms with Crippen molar-refractivity contribution in [1.29, 1.82) is 0 Å². The molecule has 0 aromatic carbocycles. The van der Waals surface area contributed by atoms with Crippen LogP contribution in [0.1, 0.15) is 13.3 Å². The molecule has 0 N–H and O–H groups in total. The van der Waals surface area contributed by atoms with Gasteiger partial charge in [-0.25, -0.2) is 0 Å². The zero-order valence-corrected chi connectivity index (χ0v) is 8.19. The lowest BCUT2D eigenvalue weighted by Crippen LogP contribution is -2.01. The molecule has 0 spiro atoms. The highest BCUT2D eigenvalue weighted by Crippen LogP contribution is 2.08. The molecule has 0 aromatic rings. The lowest BCUT2D eigenvalue weighted by atomic mass is 10.2. The van der Waals surface area contributed by atoms with Gasteiger partial charge in [0.1, 0.15) is 0 Å². The second-order valence-corrected chi connectivity index (χ2v) is 2.76. The Kier molecular flexibility index (Phi) is 3.85. The fraction of sp³-hybridized carbons (Fsp3) is 0.273. The number of aliphatic imine (C=N–C) groups is 1. The zero-order valence-electron chi connectivity index (χ0n) is 8.19. The fourth-order valence-electron chi connectivity index (χ4n) is 0.990. The third-order valence-electron chi connectivity index (χ3n) is 1.67. The lowest BCUT2D eigenvalue weighted by Gasteiger charge is -1.98. The Hall–Kier alpha value is -1.64. The minimum absolute atomic E-state index is 0.0397. The van der Waals surface area contributed by atoms with Gasteiger partial charge in [-0.2, -0.15) is 4.99 Å². The van der Waals surface area contributed by atoms with Crippen LogP contribution in [-0.4, -0.2) is 18.4 Å². The maximum atomic E-state index is 10.8. The monoisotopic (exact) mass is 191 g/mol. The third-order valence-corrected chi connectivity index (χ3v) is 1.67. The Morgan fingerprint density at radius 2 is 2.50 bits per heavy atom. The minimum Gasteiger partial charge on any atom is -0.467 e. The van der Waals surface area contributed by atoms with Crippen LogP contribution in [-0.2, 0) is 9.53 Å². The van der Waals surface area contributed by atoms with Crippen molar-refractivity contribution in [3.05, 3.63) is 36.5 Å². The molecule has 0 aliphatic carbocycles.